The summed E-state index contributed by atoms with van der Waals surface area (Å²) in [5.74, 6) is -0.482. The normalized spacial score (nSPS) is 11.7. The van der Waals surface area contributed by atoms with E-state index in [9.17, 15) is 14.4 Å². The number of rotatable bonds is 9. The summed E-state index contributed by atoms with van der Waals surface area (Å²) in [5.41, 5.74) is 4.75. The lowest BCUT2D eigenvalue weighted by molar-refractivity contribution is -0.124. The van der Waals surface area contributed by atoms with Gasteiger partial charge in [0.25, 0.3) is 0 Å². The van der Waals surface area contributed by atoms with Crippen molar-refractivity contribution in [3.05, 3.63) is 59.2 Å². The van der Waals surface area contributed by atoms with Crippen LogP contribution in [0.1, 0.15) is 43.5 Å². The molecule has 0 spiro atoms. The van der Waals surface area contributed by atoms with Crippen molar-refractivity contribution in [1.29, 1.82) is 0 Å². The van der Waals surface area contributed by atoms with Crippen molar-refractivity contribution in [1.82, 2.24) is 10.2 Å². The zero-order valence-corrected chi connectivity index (χ0v) is 18.9. The molecule has 0 aromatic heterocycles. The van der Waals surface area contributed by atoms with E-state index in [0.29, 0.717) is 17.9 Å². The summed E-state index contributed by atoms with van der Waals surface area (Å²) in [6.45, 7) is 10.2. The summed E-state index contributed by atoms with van der Waals surface area (Å²) < 4.78 is 0. The second kappa shape index (κ2) is 11.3. The molecule has 7 heteroatoms. The maximum Gasteiger partial charge on any atom is 0.238 e. The summed E-state index contributed by atoms with van der Waals surface area (Å²) in [6.07, 6.45) is 0. The lowest BCUT2D eigenvalue weighted by atomic mass is 10.0. The summed E-state index contributed by atoms with van der Waals surface area (Å²) >= 11 is 0. The molecule has 0 aliphatic carbocycles. The van der Waals surface area contributed by atoms with E-state index >= 15 is 0 Å². The lowest BCUT2D eigenvalue weighted by Gasteiger charge is -2.21. The van der Waals surface area contributed by atoms with Gasteiger partial charge in [-0.2, -0.15) is 0 Å². The van der Waals surface area contributed by atoms with Crippen LogP contribution in [0, 0.1) is 13.8 Å². The maximum atomic E-state index is 12.5. The number of likely N-dealkylation sites (N-methyl/N-ethyl adjacent to an activating group) is 1. The highest BCUT2D eigenvalue weighted by molar-refractivity contribution is 5.93. The van der Waals surface area contributed by atoms with Gasteiger partial charge in [-0.25, -0.2) is 0 Å². The first-order valence-electron chi connectivity index (χ1n) is 10.4. The molecular weight excluding hydrogens is 392 g/mol. The molecule has 0 fully saturated rings. The Morgan fingerprint density at radius 2 is 1.45 bits per heavy atom. The summed E-state index contributed by atoms with van der Waals surface area (Å²) in [5, 5.41) is 8.50. The smallest absolute Gasteiger partial charge is 0.238 e. The minimum atomic E-state index is -0.205. The molecule has 0 radical (unpaired) electrons. The van der Waals surface area contributed by atoms with Crippen LogP contribution in [0.25, 0.3) is 0 Å². The molecule has 2 rings (SSSR count). The van der Waals surface area contributed by atoms with E-state index in [2.05, 4.69) is 41.9 Å². The Hall–Kier alpha value is -3.19. The van der Waals surface area contributed by atoms with Crippen molar-refractivity contribution in [3.63, 3.8) is 0 Å². The first kappa shape index (κ1) is 24.1. The van der Waals surface area contributed by atoms with Crippen molar-refractivity contribution < 1.29 is 14.4 Å². The Bertz CT molecular complexity index is 925. The van der Waals surface area contributed by atoms with Gasteiger partial charge in [-0.1, -0.05) is 25.1 Å². The highest BCUT2D eigenvalue weighted by Crippen LogP contribution is 2.17. The summed E-state index contributed by atoms with van der Waals surface area (Å²) in [4.78, 5) is 37.7. The van der Waals surface area contributed by atoms with Crippen LogP contribution in [0.2, 0.25) is 0 Å². The molecule has 1 atom stereocenters. The van der Waals surface area contributed by atoms with Crippen molar-refractivity contribution in [2.75, 3.05) is 30.3 Å². The number of nitrogens with zero attached hydrogens (tertiary/aromatic N) is 1. The van der Waals surface area contributed by atoms with Crippen LogP contribution < -0.4 is 16.0 Å². The molecule has 166 valence electrons. The molecule has 31 heavy (non-hydrogen) atoms. The number of anilines is 2. The Balaban J connectivity index is 1.85. The van der Waals surface area contributed by atoms with Gasteiger partial charge >= 0.3 is 0 Å². The van der Waals surface area contributed by atoms with Crippen molar-refractivity contribution >= 4 is 29.1 Å². The van der Waals surface area contributed by atoms with Gasteiger partial charge in [-0.15, -0.1) is 0 Å². The Morgan fingerprint density at radius 3 is 2.00 bits per heavy atom. The number of nitrogens with one attached hydrogen (secondary N) is 3. The molecule has 3 amide bonds. The first-order chi connectivity index (χ1) is 14.7. The predicted molar refractivity (Wildman–Crippen MR) is 124 cm³/mol. The quantitative estimate of drug-likeness (QED) is 0.575. The third-order valence-corrected chi connectivity index (χ3v) is 5.08. The van der Waals surface area contributed by atoms with E-state index in [4.69, 9.17) is 0 Å². The van der Waals surface area contributed by atoms with E-state index in [1.165, 1.54) is 18.1 Å². The first-order valence-corrected chi connectivity index (χ1v) is 10.4. The zero-order valence-electron chi connectivity index (χ0n) is 18.9. The summed E-state index contributed by atoms with van der Waals surface area (Å²) in [7, 11) is 0. The molecule has 2 aromatic rings. The topological polar surface area (TPSA) is 90.5 Å². The number of hydrogen-bond donors (Lipinski definition) is 3. The molecule has 0 aliphatic rings. The number of hydrogen-bond acceptors (Lipinski definition) is 4. The zero-order chi connectivity index (χ0) is 23.0. The monoisotopic (exact) mass is 424 g/mol. The Labute approximate surface area is 184 Å². The molecule has 2 aromatic carbocycles. The molecular formula is C24H32N4O3. The molecule has 0 heterocycles. The van der Waals surface area contributed by atoms with Gasteiger partial charge in [0, 0.05) is 18.3 Å². The Morgan fingerprint density at radius 1 is 0.871 bits per heavy atom. The molecule has 7 nitrogen and oxygen atoms in total. The van der Waals surface area contributed by atoms with Gasteiger partial charge in [0.1, 0.15) is 0 Å². The summed E-state index contributed by atoms with van der Waals surface area (Å²) in [6, 6.07) is 12.9. The van der Waals surface area contributed by atoms with E-state index < -0.39 is 0 Å². The Kier molecular flexibility index (Phi) is 8.75. The molecule has 0 bridgehead atoms. The minimum Gasteiger partial charge on any atom is -0.348 e. The van der Waals surface area contributed by atoms with Crippen molar-refractivity contribution in [2.45, 2.75) is 40.7 Å². The third kappa shape index (κ3) is 7.86. The average Bonchev–Trinajstić information content (AvgIpc) is 2.70. The van der Waals surface area contributed by atoms with Gasteiger partial charge in [0.05, 0.1) is 19.1 Å². The number of amides is 3. The highest BCUT2D eigenvalue weighted by atomic mass is 16.2. The standard InChI is InChI=1S/C24H32N4O3/c1-6-28(14-23(30)25-18(4)20-8-7-16(2)17(3)13-20)15-24(31)27-22-11-9-21(10-12-22)26-19(5)29/h7-13,18H,6,14-15H2,1-5H3,(H,25,30)(H,26,29)(H,27,31)/t18-/m1/s1. The van der Waals surface area contributed by atoms with E-state index in [1.807, 2.05) is 19.9 Å². The van der Waals surface area contributed by atoms with Gasteiger partial charge in [-0.3, -0.25) is 19.3 Å². The van der Waals surface area contributed by atoms with Crippen LogP contribution in [-0.4, -0.2) is 42.3 Å². The number of aryl methyl sites for hydroxylation is 2. The second-order valence-electron chi connectivity index (χ2n) is 7.74. The van der Waals surface area contributed by atoms with E-state index in [1.54, 1.807) is 29.2 Å². The SMILES string of the molecule is CCN(CC(=O)Nc1ccc(NC(C)=O)cc1)CC(=O)N[C@H](C)c1ccc(C)c(C)c1. The van der Waals surface area contributed by atoms with Crippen molar-refractivity contribution in [3.8, 4) is 0 Å². The van der Waals surface area contributed by atoms with Crippen LogP contribution in [0.5, 0.6) is 0 Å². The van der Waals surface area contributed by atoms with Crippen LogP contribution >= 0.6 is 0 Å². The second-order valence-corrected chi connectivity index (χ2v) is 7.74. The van der Waals surface area contributed by atoms with Crippen LogP contribution in [-0.2, 0) is 14.4 Å². The van der Waals surface area contributed by atoms with Gasteiger partial charge in [-0.05, 0) is 68.3 Å². The third-order valence-electron chi connectivity index (χ3n) is 5.08. The lowest BCUT2D eigenvalue weighted by Crippen LogP contribution is -2.41. The fourth-order valence-electron chi connectivity index (χ4n) is 3.13. The highest BCUT2D eigenvalue weighted by Gasteiger charge is 2.16. The van der Waals surface area contributed by atoms with Crippen molar-refractivity contribution in [2.24, 2.45) is 0 Å². The molecule has 0 unspecified atom stereocenters. The largest absolute Gasteiger partial charge is 0.348 e. The van der Waals surface area contributed by atoms with Crippen LogP contribution in [0.4, 0.5) is 11.4 Å². The fourth-order valence-corrected chi connectivity index (χ4v) is 3.13. The van der Waals surface area contributed by atoms with Crippen LogP contribution in [0.3, 0.4) is 0 Å². The predicted octanol–water partition coefficient (Wildman–Crippen LogP) is 3.40. The van der Waals surface area contributed by atoms with Gasteiger partial charge < -0.3 is 16.0 Å². The maximum absolute atomic E-state index is 12.5. The van der Waals surface area contributed by atoms with Gasteiger partial charge in [0.2, 0.25) is 17.7 Å². The fraction of sp³-hybridized carbons (Fsp3) is 0.375. The minimum absolute atomic E-state index is 0.107. The molecule has 3 N–H and O–H groups in total. The molecule has 0 saturated carbocycles. The van der Waals surface area contributed by atoms with E-state index in [-0.39, 0.29) is 36.9 Å². The number of benzene rings is 2. The van der Waals surface area contributed by atoms with Gasteiger partial charge in [0.15, 0.2) is 0 Å². The molecule has 0 aliphatic heterocycles. The molecule has 0 saturated heterocycles. The van der Waals surface area contributed by atoms with Crippen LogP contribution in [0.15, 0.2) is 42.5 Å². The van der Waals surface area contributed by atoms with E-state index in [0.717, 1.165) is 5.56 Å². The number of carbonyl (C=O) groups excluding carboxylic acids is 3. The average molecular weight is 425 g/mol. The number of carbonyl (C=O) groups is 3.